The second-order valence-corrected chi connectivity index (χ2v) is 6.54. The topological polar surface area (TPSA) is 62.4 Å². The van der Waals surface area contributed by atoms with E-state index in [0.29, 0.717) is 18.4 Å². The minimum atomic E-state index is -0.0780. The smallest absolute Gasteiger partial charge is 0.243 e. The molecule has 1 aromatic heterocycles. The van der Waals surface area contributed by atoms with Gasteiger partial charge in [-0.2, -0.15) is 4.98 Å². The summed E-state index contributed by atoms with van der Waals surface area (Å²) in [4.78, 5) is 6.88. The molecule has 108 valence electrons. The van der Waals surface area contributed by atoms with Gasteiger partial charge in [0.1, 0.15) is 0 Å². The third-order valence-electron chi connectivity index (χ3n) is 3.92. The summed E-state index contributed by atoms with van der Waals surface area (Å²) in [5.74, 6) is 1.92. The quantitative estimate of drug-likeness (QED) is 0.909. The largest absolute Gasteiger partial charge is 0.396 e. The van der Waals surface area contributed by atoms with Gasteiger partial charge in [-0.1, -0.05) is 25.9 Å². The zero-order chi connectivity index (χ0) is 14.0. The highest BCUT2D eigenvalue weighted by Crippen LogP contribution is 2.27. The van der Waals surface area contributed by atoms with E-state index in [0.717, 1.165) is 31.8 Å². The first-order chi connectivity index (χ1) is 8.91. The molecular formula is C14H25N3O2. The van der Waals surface area contributed by atoms with E-state index in [1.54, 1.807) is 0 Å². The molecule has 0 aliphatic carbocycles. The Balaban J connectivity index is 2.00. The van der Waals surface area contributed by atoms with Crippen molar-refractivity contribution in [1.82, 2.24) is 15.0 Å². The van der Waals surface area contributed by atoms with E-state index in [2.05, 4.69) is 42.7 Å². The van der Waals surface area contributed by atoms with Crippen molar-refractivity contribution < 1.29 is 9.63 Å². The van der Waals surface area contributed by atoms with Crippen molar-refractivity contribution in [2.24, 2.45) is 5.92 Å². The number of likely N-dealkylation sites (tertiary alicyclic amines) is 1. The van der Waals surface area contributed by atoms with Gasteiger partial charge in [0, 0.05) is 12.0 Å². The van der Waals surface area contributed by atoms with Crippen LogP contribution in [-0.4, -0.2) is 39.8 Å². The normalized spacial score (nSPS) is 20.7. The van der Waals surface area contributed by atoms with Gasteiger partial charge in [-0.3, -0.25) is 4.90 Å². The summed E-state index contributed by atoms with van der Waals surface area (Å²) in [5.41, 5.74) is -0.0780. The Morgan fingerprint density at radius 3 is 2.47 bits per heavy atom. The van der Waals surface area contributed by atoms with Crippen molar-refractivity contribution in [2.75, 3.05) is 19.7 Å². The molecule has 0 spiro atoms. The first-order valence-electron chi connectivity index (χ1n) is 7.11. The maximum Gasteiger partial charge on any atom is 0.243 e. The standard InChI is InChI=1S/C14H25N3O2/c1-10(17-7-5-11(9-18)6-8-17)12-15-13(16-19-12)14(2,3)4/h10-11,18H,5-9H2,1-4H3/t10-/m0/s1. The third-order valence-corrected chi connectivity index (χ3v) is 3.92. The zero-order valence-corrected chi connectivity index (χ0v) is 12.4. The average molecular weight is 267 g/mol. The van der Waals surface area contributed by atoms with E-state index in [9.17, 15) is 0 Å². The molecule has 5 nitrogen and oxygen atoms in total. The molecule has 0 amide bonds. The number of piperidine rings is 1. The van der Waals surface area contributed by atoms with E-state index in [4.69, 9.17) is 9.63 Å². The summed E-state index contributed by atoms with van der Waals surface area (Å²) in [7, 11) is 0. The second-order valence-electron chi connectivity index (χ2n) is 6.54. The fourth-order valence-electron chi connectivity index (χ4n) is 2.39. The van der Waals surface area contributed by atoms with Crippen molar-refractivity contribution in [1.29, 1.82) is 0 Å². The van der Waals surface area contributed by atoms with E-state index < -0.39 is 0 Å². The molecule has 1 saturated heterocycles. The lowest BCUT2D eigenvalue weighted by molar-refractivity contribution is 0.0929. The fraction of sp³-hybridized carbons (Fsp3) is 0.857. The summed E-state index contributed by atoms with van der Waals surface area (Å²) in [6.07, 6.45) is 2.09. The molecule has 0 radical (unpaired) electrons. The van der Waals surface area contributed by atoms with E-state index >= 15 is 0 Å². The predicted octanol–water partition coefficient (Wildman–Crippen LogP) is 2.13. The Kier molecular flexibility index (Phi) is 4.26. The van der Waals surface area contributed by atoms with Crippen LogP contribution in [0.3, 0.4) is 0 Å². The van der Waals surface area contributed by atoms with Crippen LogP contribution in [0.15, 0.2) is 4.52 Å². The predicted molar refractivity (Wildman–Crippen MR) is 72.8 cm³/mol. The van der Waals surface area contributed by atoms with Crippen molar-refractivity contribution in [3.8, 4) is 0 Å². The zero-order valence-electron chi connectivity index (χ0n) is 12.4. The van der Waals surface area contributed by atoms with Crippen LogP contribution in [0, 0.1) is 5.92 Å². The highest BCUT2D eigenvalue weighted by molar-refractivity contribution is 5.02. The molecule has 2 rings (SSSR count). The first-order valence-corrected chi connectivity index (χ1v) is 7.11. The number of hydrogen-bond acceptors (Lipinski definition) is 5. The Labute approximate surface area is 115 Å². The van der Waals surface area contributed by atoms with Gasteiger partial charge in [-0.05, 0) is 38.8 Å². The number of rotatable bonds is 3. The van der Waals surface area contributed by atoms with E-state index in [1.165, 1.54) is 0 Å². The molecule has 1 fully saturated rings. The van der Waals surface area contributed by atoms with Gasteiger partial charge in [0.25, 0.3) is 0 Å². The molecule has 1 aliphatic rings. The highest BCUT2D eigenvalue weighted by Gasteiger charge is 2.28. The van der Waals surface area contributed by atoms with Crippen LogP contribution in [0.5, 0.6) is 0 Å². The molecule has 19 heavy (non-hydrogen) atoms. The van der Waals surface area contributed by atoms with Crippen LogP contribution in [0.2, 0.25) is 0 Å². The Hall–Kier alpha value is -0.940. The lowest BCUT2D eigenvalue weighted by Crippen LogP contribution is -2.36. The fourth-order valence-corrected chi connectivity index (χ4v) is 2.39. The van der Waals surface area contributed by atoms with Crippen LogP contribution in [-0.2, 0) is 5.41 Å². The molecule has 1 atom stereocenters. The van der Waals surface area contributed by atoms with Crippen molar-refractivity contribution in [3.63, 3.8) is 0 Å². The molecule has 5 heteroatoms. The lowest BCUT2D eigenvalue weighted by Gasteiger charge is -2.33. The minimum absolute atomic E-state index is 0.0780. The van der Waals surface area contributed by atoms with Crippen molar-refractivity contribution in [2.45, 2.75) is 52.0 Å². The monoisotopic (exact) mass is 267 g/mol. The summed E-state index contributed by atoms with van der Waals surface area (Å²) < 4.78 is 5.41. The molecule has 2 heterocycles. The van der Waals surface area contributed by atoms with Gasteiger partial charge >= 0.3 is 0 Å². The molecule has 0 unspecified atom stereocenters. The van der Waals surface area contributed by atoms with Crippen LogP contribution < -0.4 is 0 Å². The van der Waals surface area contributed by atoms with Gasteiger partial charge in [-0.15, -0.1) is 0 Å². The number of aliphatic hydroxyl groups is 1. The molecule has 1 N–H and O–H groups in total. The van der Waals surface area contributed by atoms with Gasteiger partial charge in [0.05, 0.1) is 6.04 Å². The number of aromatic nitrogens is 2. The summed E-state index contributed by atoms with van der Waals surface area (Å²) in [6, 6.07) is 0.156. The molecule has 1 aliphatic heterocycles. The number of aliphatic hydroxyl groups excluding tert-OH is 1. The van der Waals surface area contributed by atoms with E-state index in [-0.39, 0.29) is 11.5 Å². The van der Waals surface area contributed by atoms with Crippen molar-refractivity contribution >= 4 is 0 Å². The lowest BCUT2D eigenvalue weighted by atomic mass is 9.96. The second kappa shape index (κ2) is 5.59. The maximum atomic E-state index is 9.17. The molecule has 1 aromatic rings. The van der Waals surface area contributed by atoms with Gasteiger partial charge in [-0.25, -0.2) is 0 Å². The molecule has 0 aromatic carbocycles. The Bertz CT molecular complexity index is 403. The van der Waals surface area contributed by atoms with Gasteiger partial charge < -0.3 is 9.63 Å². The third kappa shape index (κ3) is 3.34. The number of nitrogens with zero attached hydrogens (tertiary/aromatic N) is 3. The number of hydrogen-bond donors (Lipinski definition) is 1. The SMILES string of the molecule is C[C@@H](c1nc(C(C)(C)C)no1)N1CCC(CO)CC1. The maximum absolute atomic E-state index is 9.17. The van der Waals surface area contributed by atoms with Crippen molar-refractivity contribution in [3.05, 3.63) is 11.7 Å². The van der Waals surface area contributed by atoms with E-state index in [1.807, 2.05) is 0 Å². The summed E-state index contributed by atoms with van der Waals surface area (Å²) in [6.45, 7) is 10.6. The molecular weight excluding hydrogens is 242 g/mol. The van der Waals surface area contributed by atoms with Gasteiger partial charge in [0.15, 0.2) is 5.82 Å². The van der Waals surface area contributed by atoms with Crippen LogP contribution in [0.25, 0.3) is 0 Å². The molecule has 0 bridgehead atoms. The highest BCUT2D eigenvalue weighted by atomic mass is 16.5. The first kappa shape index (κ1) is 14.5. The summed E-state index contributed by atoms with van der Waals surface area (Å²) in [5, 5.41) is 13.2. The van der Waals surface area contributed by atoms with Crippen LogP contribution in [0.1, 0.15) is 58.3 Å². The summed E-state index contributed by atoms with van der Waals surface area (Å²) >= 11 is 0. The minimum Gasteiger partial charge on any atom is -0.396 e. The molecule has 0 saturated carbocycles. The van der Waals surface area contributed by atoms with Gasteiger partial charge in [0.2, 0.25) is 5.89 Å². The van der Waals surface area contributed by atoms with Crippen LogP contribution in [0.4, 0.5) is 0 Å². The van der Waals surface area contributed by atoms with Crippen LogP contribution >= 0.6 is 0 Å². The Morgan fingerprint density at radius 2 is 2.00 bits per heavy atom. The average Bonchev–Trinajstić information content (AvgIpc) is 2.87. The Morgan fingerprint density at radius 1 is 1.37 bits per heavy atom.